The van der Waals surface area contributed by atoms with Crippen LogP contribution in [0.15, 0.2) is 42.6 Å². The quantitative estimate of drug-likeness (QED) is 0.760. The topological polar surface area (TPSA) is 72.8 Å². The first-order valence-corrected chi connectivity index (χ1v) is 7.31. The fraction of sp³-hybridized carbons (Fsp3) is 0.235. The van der Waals surface area contributed by atoms with E-state index in [1.807, 2.05) is 49.5 Å². The van der Waals surface area contributed by atoms with Gasteiger partial charge in [0.2, 0.25) is 0 Å². The first-order valence-electron chi connectivity index (χ1n) is 7.31. The molecule has 0 radical (unpaired) electrons. The number of hydrogen-bond donors (Lipinski definition) is 2. The molecule has 2 atom stereocenters. The molecule has 0 saturated heterocycles. The second-order valence-electron chi connectivity index (χ2n) is 5.66. The number of aromatic nitrogens is 2. The smallest absolute Gasteiger partial charge is 0.181 e. The van der Waals surface area contributed by atoms with Crippen molar-refractivity contribution in [3.63, 3.8) is 0 Å². The van der Waals surface area contributed by atoms with Crippen molar-refractivity contribution in [1.29, 1.82) is 0 Å². The predicted molar refractivity (Wildman–Crippen MR) is 83.9 cm³/mol. The first-order chi connectivity index (χ1) is 10.6. The highest BCUT2D eigenvalue weighted by molar-refractivity contribution is 5.61. The first kappa shape index (κ1) is 13.2. The molecule has 2 aromatic heterocycles. The second kappa shape index (κ2) is 4.74. The van der Waals surface area contributed by atoms with Crippen molar-refractivity contribution in [2.45, 2.75) is 25.6 Å². The van der Waals surface area contributed by atoms with E-state index in [4.69, 9.17) is 10.5 Å². The van der Waals surface area contributed by atoms with E-state index < -0.39 is 6.10 Å². The summed E-state index contributed by atoms with van der Waals surface area (Å²) in [6, 6.07) is 11.7. The lowest BCUT2D eigenvalue weighted by Crippen LogP contribution is -2.19. The van der Waals surface area contributed by atoms with Crippen molar-refractivity contribution in [3.05, 3.63) is 59.4 Å². The third-order valence-corrected chi connectivity index (χ3v) is 4.23. The van der Waals surface area contributed by atoms with Gasteiger partial charge in [0.1, 0.15) is 5.82 Å². The molecule has 0 fully saturated rings. The lowest BCUT2D eigenvalue weighted by atomic mass is 10.1. The van der Waals surface area contributed by atoms with Crippen LogP contribution in [0.2, 0.25) is 0 Å². The maximum atomic E-state index is 10.3. The van der Waals surface area contributed by atoms with Gasteiger partial charge in [0.05, 0.1) is 11.8 Å². The van der Waals surface area contributed by atoms with Crippen LogP contribution in [0, 0.1) is 6.92 Å². The zero-order chi connectivity index (χ0) is 15.3. The summed E-state index contributed by atoms with van der Waals surface area (Å²) in [6.45, 7) is 1.87. The molecule has 1 aliphatic rings. The van der Waals surface area contributed by atoms with E-state index in [9.17, 15) is 5.11 Å². The Balaban J connectivity index is 1.77. The van der Waals surface area contributed by atoms with Gasteiger partial charge < -0.3 is 15.6 Å². The summed E-state index contributed by atoms with van der Waals surface area (Å²) in [5.41, 5.74) is 9.62. The molecule has 1 aliphatic carbocycles. The van der Waals surface area contributed by atoms with Gasteiger partial charge in [-0.05, 0) is 30.2 Å². The van der Waals surface area contributed by atoms with Gasteiger partial charge in [-0.3, -0.25) is 4.40 Å². The van der Waals surface area contributed by atoms with Crippen LogP contribution in [0.3, 0.4) is 0 Å². The van der Waals surface area contributed by atoms with Crippen molar-refractivity contribution in [1.82, 2.24) is 9.38 Å². The Morgan fingerprint density at radius 3 is 2.95 bits per heavy atom. The van der Waals surface area contributed by atoms with E-state index in [1.165, 1.54) is 0 Å². The van der Waals surface area contributed by atoms with Crippen LogP contribution in [0.5, 0.6) is 5.75 Å². The Kier molecular flexibility index (Phi) is 2.84. The SMILES string of the molecule is Cc1nc2c(OC3c4ccccc4CC3O)cccn2c1N. The fourth-order valence-electron chi connectivity index (χ4n) is 3.08. The zero-order valence-electron chi connectivity index (χ0n) is 12.2. The molecule has 22 heavy (non-hydrogen) atoms. The Hall–Kier alpha value is -2.53. The lowest BCUT2D eigenvalue weighted by molar-refractivity contribution is 0.0502. The van der Waals surface area contributed by atoms with Crippen molar-refractivity contribution in [3.8, 4) is 5.75 Å². The van der Waals surface area contributed by atoms with E-state index in [0.29, 0.717) is 23.6 Å². The molecule has 1 aromatic carbocycles. The molecule has 0 bridgehead atoms. The zero-order valence-corrected chi connectivity index (χ0v) is 12.2. The summed E-state index contributed by atoms with van der Waals surface area (Å²) >= 11 is 0. The third kappa shape index (κ3) is 1.86. The van der Waals surface area contributed by atoms with E-state index >= 15 is 0 Å². The summed E-state index contributed by atoms with van der Waals surface area (Å²) in [6.07, 6.45) is 1.54. The molecule has 3 N–H and O–H groups in total. The Labute approximate surface area is 128 Å². The number of nitrogens with zero attached hydrogens (tertiary/aromatic N) is 2. The van der Waals surface area contributed by atoms with Crippen LogP contribution in [0.1, 0.15) is 22.9 Å². The minimum Gasteiger partial charge on any atom is -0.479 e. The molecule has 0 amide bonds. The van der Waals surface area contributed by atoms with Crippen molar-refractivity contribution in [2.75, 3.05) is 5.73 Å². The number of nitrogen functional groups attached to an aromatic ring is 1. The number of aryl methyl sites for hydroxylation is 1. The van der Waals surface area contributed by atoms with Gasteiger partial charge in [0.25, 0.3) is 0 Å². The number of fused-ring (bicyclic) bond motifs is 2. The average molecular weight is 295 g/mol. The number of benzene rings is 1. The van der Waals surface area contributed by atoms with Crippen LogP contribution < -0.4 is 10.5 Å². The van der Waals surface area contributed by atoms with Gasteiger partial charge >= 0.3 is 0 Å². The van der Waals surface area contributed by atoms with Crippen LogP contribution in [0.4, 0.5) is 5.82 Å². The summed E-state index contributed by atoms with van der Waals surface area (Å²) in [5.74, 6) is 1.23. The van der Waals surface area contributed by atoms with E-state index in [2.05, 4.69) is 4.98 Å². The standard InChI is InChI=1S/C17H17N3O2/c1-10-16(18)20-8-4-7-14(17(20)19-10)22-15-12-6-3-2-5-11(12)9-13(15)21/h2-8,13,15,21H,9,18H2,1H3. The number of rotatable bonds is 2. The van der Waals surface area contributed by atoms with Crippen molar-refractivity contribution >= 4 is 11.5 Å². The molecule has 0 spiro atoms. The monoisotopic (exact) mass is 295 g/mol. The molecule has 5 heteroatoms. The molecule has 0 saturated carbocycles. The van der Waals surface area contributed by atoms with Crippen molar-refractivity contribution < 1.29 is 9.84 Å². The van der Waals surface area contributed by atoms with Crippen LogP contribution in [0.25, 0.3) is 5.65 Å². The summed E-state index contributed by atoms with van der Waals surface area (Å²) < 4.78 is 7.91. The highest BCUT2D eigenvalue weighted by Crippen LogP contribution is 2.36. The second-order valence-corrected chi connectivity index (χ2v) is 5.66. The molecule has 5 nitrogen and oxygen atoms in total. The number of aliphatic hydroxyl groups is 1. The molecule has 2 unspecified atom stereocenters. The van der Waals surface area contributed by atoms with E-state index in [1.54, 1.807) is 4.40 Å². The van der Waals surface area contributed by atoms with E-state index in [-0.39, 0.29) is 6.10 Å². The molecular formula is C17H17N3O2. The minimum absolute atomic E-state index is 0.374. The Morgan fingerprint density at radius 1 is 1.27 bits per heavy atom. The number of aliphatic hydroxyl groups excluding tert-OH is 1. The minimum atomic E-state index is -0.550. The lowest BCUT2D eigenvalue weighted by Gasteiger charge is -2.18. The normalized spacial score (nSPS) is 20.3. The summed E-state index contributed by atoms with van der Waals surface area (Å²) in [7, 11) is 0. The van der Waals surface area contributed by atoms with Gasteiger partial charge in [-0.25, -0.2) is 4.98 Å². The largest absolute Gasteiger partial charge is 0.479 e. The van der Waals surface area contributed by atoms with Gasteiger partial charge in [-0.2, -0.15) is 0 Å². The Morgan fingerprint density at radius 2 is 2.09 bits per heavy atom. The maximum absolute atomic E-state index is 10.3. The molecule has 0 aliphatic heterocycles. The number of pyridine rings is 1. The number of hydrogen-bond acceptors (Lipinski definition) is 4. The van der Waals surface area contributed by atoms with Crippen LogP contribution in [-0.2, 0) is 6.42 Å². The molecule has 3 aromatic rings. The molecule has 112 valence electrons. The van der Waals surface area contributed by atoms with Gasteiger partial charge in [-0.1, -0.05) is 24.3 Å². The molecular weight excluding hydrogens is 278 g/mol. The predicted octanol–water partition coefficient (Wildman–Crippen LogP) is 2.26. The summed E-state index contributed by atoms with van der Waals surface area (Å²) in [4.78, 5) is 4.47. The molecule has 4 rings (SSSR count). The number of nitrogens with two attached hydrogens (primary N) is 1. The Bertz CT molecular complexity index is 856. The average Bonchev–Trinajstić information content (AvgIpc) is 2.99. The molecule has 2 heterocycles. The van der Waals surface area contributed by atoms with Gasteiger partial charge in [0.15, 0.2) is 17.5 Å². The van der Waals surface area contributed by atoms with Gasteiger partial charge in [0, 0.05) is 12.6 Å². The number of imidazole rings is 1. The van der Waals surface area contributed by atoms with Gasteiger partial charge in [-0.15, -0.1) is 0 Å². The highest BCUT2D eigenvalue weighted by atomic mass is 16.5. The third-order valence-electron chi connectivity index (χ3n) is 4.23. The number of ether oxygens (including phenoxy) is 1. The van der Waals surface area contributed by atoms with Crippen LogP contribution in [-0.4, -0.2) is 20.6 Å². The van der Waals surface area contributed by atoms with Crippen molar-refractivity contribution in [2.24, 2.45) is 0 Å². The maximum Gasteiger partial charge on any atom is 0.181 e. The highest BCUT2D eigenvalue weighted by Gasteiger charge is 2.33. The summed E-state index contributed by atoms with van der Waals surface area (Å²) in [5, 5.41) is 10.3. The fourth-order valence-corrected chi connectivity index (χ4v) is 3.08. The number of anilines is 1. The van der Waals surface area contributed by atoms with Crippen LogP contribution >= 0.6 is 0 Å². The van der Waals surface area contributed by atoms with E-state index in [0.717, 1.165) is 16.8 Å².